The predicted octanol–water partition coefficient (Wildman–Crippen LogP) is 3.85. The van der Waals surface area contributed by atoms with Gasteiger partial charge in [-0.25, -0.2) is 0 Å². The number of hydrogen-bond donors (Lipinski definition) is 1. The van der Waals surface area contributed by atoms with Crippen molar-refractivity contribution < 1.29 is 0 Å². The van der Waals surface area contributed by atoms with Gasteiger partial charge in [-0.3, -0.25) is 0 Å². The predicted molar refractivity (Wildman–Crippen MR) is 83.8 cm³/mol. The first kappa shape index (κ1) is 13.2. The highest BCUT2D eigenvalue weighted by Crippen LogP contribution is 2.34. The molecule has 3 nitrogen and oxygen atoms in total. The zero-order chi connectivity index (χ0) is 13.9. The Kier molecular flexibility index (Phi) is 3.76. The van der Waals surface area contributed by atoms with Crippen LogP contribution >= 0.6 is 11.3 Å². The highest BCUT2D eigenvalue weighted by atomic mass is 32.1. The van der Waals surface area contributed by atoms with Gasteiger partial charge in [0.1, 0.15) is 0 Å². The van der Waals surface area contributed by atoms with Crippen LogP contribution < -0.4 is 5.32 Å². The van der Waals surface area contributed by atoms with Crippen molar-refractivity contribution in [2.45, 2.75) is 26.4 Å². The van der Waals surface area contributed by atoms with Crippen LogP contribution in [0.4, 0.5) is 0 Å². The van der Waals surface area contributed by atoms with E-state index in [0.29, 0.717) is 6.04 Å². The number of fused-ring (bicyclic) bond motifs is 1. The molecule has 3 rings (SSSR count). The third-order valence-electron chi connectivity index (χ3n) is 3.49. The molecule has 20 heavy (non-hydrogen) atoms. The molecule has 1 N–H and O–H groups in total. The normalized spacial score (nSPS) is 12.7. The average molecular weight is 283 g/mol. The fourth-order valence-electron chi connectivity index (χ4n) is 2.38. The number of hydrogen-bond acceptors (Lipinski definition) is 4. The maximum Gasteiger partial charge on any atom is 0.0769 e. The first-order valence-corrected chi connectivity index (χ1v) is 7.55. The van der Waals surface area contributed by atoms with Crippen molar-refractivity contribution in [2.24, 2.45) is 0 Å². The largest absolute Gasteiger partial charge is 0.304 e. The van der Waals surface area contributed by atoms with E-state index in [2.05, 4.69) is 53.6 Å². The molecule has 0 aliphatic carbocycles. The molecule has 102 valence electrons. The number of benzene rings is 1. The van der Waals surface area contributed by atoms with Crippen LogP contribution in [-0.4, -0.2) is 10.2 Å². The molecule has 0 aliphatic rings. The van der Waals surface area contributed by atoms with E-state index < -0.39 is 0 Å². The molecule has 1 atom stereocenters. The Morgan fingerprint density at radius 1 is 1.20 bits per heavy atom. The van der Waals surface area contributed by atoms with Crippen LogP contribution in [0.15, 0.2) is 42.6 Å². The standard InChI is InChI=1S/C16H17N3S/c1-11-14-7-3-4-8-15(14)20-16(11)12(2)17-10-13-6-5-9-18-19-13/h3-9,12,17H,10H2,1-2H3. The second kappa shape index (κ2) is 5.69. The summed E-state index contributed by atoms with van der Waals surface area (Å²) in [7, 11) is 0. The first-order chi connectivity index (χ1) is 9.75. The molecule has 4 heteroatoms. The lowest BCUT2D eigenvalue weighted by atomic mass is 10.1. The van der Waals surface area contributed by atoms with Crippen LogP contribution in [0.5, 0.6) is 0 Å². The number of thiophene rings is 1. The van der Waals surface area contributed by atoms with E-state index in [0.717, 1.165) is 12.2 Å². The Hall–Kier alpha value is -1.78. The Balaban J connectivity index is 1.79. The Morgan fingerprint density at radius 2 is 2.05 bits per heavy atom. The van der Waals surface area contributed by atoms with Gasteiger partial charge < -0.3 is 5.32 Å². The molecule has 2 heterocycles. The van der Waals surface area contributed by atoms with Gasteiger partial charge in [-0.2, -0.15) is 10.2 Å². The molecule has 0 bridgehead atoms. The molecule has 0 spiro atoms. The summed E-state index contributed by atoms with van der Waals surface area (Å²) in [6.07, 6.45) is 1.70. The van der Waals surface area contributed by atoms with Crippen molar-refractivity contribution in [1.82, 2.24) is 15.5 Å². The van der Waals surface area contributed by atoms with E-state index in [4.69, 9.17) is 0 Å². The lowest BCUT2D eigenvalue weighted by molar-refractivity contribution is 0.570. The minimum absolute atomic E-state index is 0.314. The fraction of sp³-hybridized carbons (Fsp3) is 0.250. The van der Waals surface area contributed by atoms with Crippen molar-refractivity contribution in [3.8, 4) is 0 Å². The third kappa shape index (κ3) is 2.57. The van der Waals surface area contributed by atoms with Gasteiger partial charge in [0.05, 0.1) is 5.69 Å². The quantitative estimate of drug-likeness (QED) is 0.790. The van der Waals surface area contributed by atoms with Gasteiger partial charge in [0.2, 0.25) is 0 Å². The molecule has 0 saturated carbocycles. The van der Waals surface area contributed by atoms with Crippen molar-refractivity contribution in [3.63, 3.8) is 0 Å². The van der Waals surface area contributed by atoms with Gasteiger partial charge in [-0.05, 0) is 43.0 Å². The van der Waals surface area contributed by atoms with E-state index >= 15 is 0 Å². The SMILES string of the molecule is Cc1c(C(C)NCc2cccnn2)sc2ccccc12. The Morgan fingerprint density at radius 3 is 2.80 bits per heavy atom. The summed E-state index contributed by atoms with van der Waals surface area (Å²) in [5, 5.41) is 12.9. The van der Waals surface area contributed by atoms with Gasteiger partial charge in [0.25, 0.3) is 0 Å². The van der Waals surface area contributed by atoms with Crippen LogP contribution in [0.3, 0.4) is 0 Å². The maximum atomic E-state index is 4.10. The lowest BCUT2D eigenvalue weighted by Gasteiger charge is -2.12. The van der Waals surface area contributed by atoms with Crippen molar-refractivity contribution in [3.05, 3.63) is 58.7 Å². The Bertz CT molecular complexity index is 706. The molecular formula is C16H17N3S. The van der Waals surface area contributed by atoms with Gasteiger partial charge in [0.15, 0.2) is 0 Å². The molecule has 2 aromatic heterocycles. The van der Waals surface area contributed by atoms with Crippen LogP contribution in [0.1, 0.15) is 29.1 Å². The second-order valence-electron chi connectivity index (χ2n) is 4.91. The number of aryl methyl sites for hydroxylation is 1. The fourth-order valence-corrected chi connectivity index (χ4v) is 3.62. The van der Waals surface area contributed by atoms with E-state index in [9.17, 15) is 0 Å². The molecule has 1 aromatic carbocycles. The van der Waals surface area contributed by atoms with Crippen LogP contribution in [0, 0.1) is 6.92 Å². The van der Waals surface area contributed by atoms with E-state index in [1.165, 1.54) is 20.5 Å². The summed E-state index contributed by atoms with van der Waals surface area (Å²) < 4.78 is 1.35. The van der Waals surface area contributed by atoms with E-state index in [-0.39, 0.29) is 0 Å². The molecule has 0 radical (unpaired) electrons. The molecule has 0 saturated heterocycles. The third-order valence-corrected chi connectivity index (χ3v) is 4.95. The molecular weight excluding hydrogens is 266 g/mol. The number of nitrogens with one attached hydrogen (secondary N) is 1. The maximum absolute atomic E-state index is 4.10. The van der Waals surface area contributed by atoms with Gasteiger partial charge in [-0.15, -0.1) is 11.3 Å². The topological polar surface area (TPSA) is 37.8 Å². The van der Waals surface area contributed by atoms with Crippen molar-refractivity contribution in [2.75, 3.05) is 0 Å². The molecule has 1 unspecified atom stereocenters. The van der Waals surface area contributed by atoms with Crippen LogP contribution in [0.25, 0.3) is 10.1 Å². The molecule has 0 fully saturated rings. The van der Waals surface area contributed by atoms with Gasteiger partial charge in [0, 0.05) is 28.4 Å². The van der Waals surface area contributed by atoms with Crippen molar-refractivity contribution in [1.29, 1.82) is 0 Å². The molecule has 3 aromatic rings. The minimum Gasteiger partial charge on any atom is -0.304 e. The van der Waals surface area contributed by atoms with Crippen molar-refractivity contribution >= 4 is 21.4 Å². The number of aromatic nitrogens is 2. The van der Waals surface area contributed by atoms with Crippen LogP contribution in [0.2, 0.25) is 0 Å². The zero-order valence-corrected chi connectivity index (χ0v) is 12.4. The first-order valence-electron chi connectivity index (χ1n) is 6.73. The Labute approximate surface area is 122 Å². The summed E-state index contributed by atoms with van der Waals surface area (Å²) >= 11 is 1.87. The minimum atomic E-state index is 0.314. The summed E-state index contributed by atoms with van der Waals surface area (Å²) in [6.45, 7) is 5.14. The number of rotatable bonds is 4. The zero-order valence-electron chi connectivity index (χ0n) is 11.6. The number of nitrogens with zero attached hydrogens (tertiary/aromatic N) is 2. The summed E-state index contributed by atoms with van der Waals surface area (Å²) in [4.78, 5) is 1.40. The smallest absolute Gasteiger partial charge is 0.0769 e. The summed E-state index contributed by atoms with van der Waals surface area (Å²) in [6, 6.07) is 12.8. The van der Waals surface area contributed by atoms with E-state index in [1.807, 2.05) is 23.5 Å². The highest BCUT2D eigenvalue weighted by molar-refractivity contribution is 7.19. The van der Waals surface area contributed by atoms with Crippen LogP contribution in [-0.2, 0) is 6.54 Å². The highest BCUT2D eigenvalue weighted by Gasteiger charge is 2.13. The van der Waals surface area contributed by atoms with Gasteiger partial charge in [-0.1, -0.05) is 18.2 Å². The monoisotopic (exact) mass is 283 g/mol. The molecule has 0 amide bonds. The summed E-state index contributed by atoms with van der Waals surface area (Å²) in [5.41, 5.74) is 2.35. The van der Waals surface area contributed by atoms with E-state index in [1.54, 1.807) is 6.20 Å². The second-order valence-corrected chi connectivity index (χ2v) is 5.99. The average Bonchev–Trinajstić information content (AvgIpc) is 2.84. The lowest BCUT2D eigenvalue weighted by Crippen LogP contribution is -2.18. The summed E-state index contributed by atoms with van der Waals surface area (Å²) in [5.74, 6) is 0. The van der Waals surface area contributed by atoms with Gasteiger partial charge >= 0.3 is 0 Å². The molecule has 0 aliphatic heterocycles.